The second-order valence-electron chi connectivity index (χ2n) is 11.3. The lowest BCUT2D eigenvalue weighted by Crippen LogP contribution is -2.44. The maximum absolute atomic E-state index is 12.7. The molecule has 1 amide bonds. The molecular formula is C34H47ClN2O3. The molecule has 0 aromatic heterocycles. The number of hydrogen-bond acceptors (Lipinski definition) is 4. The lowest BCUT2D eigenvalue weighted by atomic mass is 9.70. The molecule has 2 aromatic carbocycles. The van der Waals surface area contributed by atoms with Gasteiger partial charge in [0.25, 0.3) is 0 Å². The maximum Gasteiger partial charge on any atom is 0.222 e. The molecule has 1 N–H and O–H groups in total. The summed E-state index contributed by atoms with van der Waals surface area (Å²) in [5.41, 5.74) is 4.89. The van der Waals surface area contributed by atoms with Crippen LogP contribution in [-0.2, 0) is 17.6 Å². The number of halogens is 1. The van der Waals surface area contributed by atoms with Crippen LogP contribution in [0.5, 0.6) is 5.75 Å². The van der Waals surface area contributed by atoms with E-state index in [1.165, 1.54) is 11.1 Å². The first-order valence-electron chi connectivity index (χ1n) is 15.3. The van der Waals surface area contributed by atoms with Crippen molar-refractivity contribution < 1.29 is 14.6 Å². The van der Waals surface area contributed by atoms with Gasteiger partial charge in [0.1, 0.15) is 5.75 Å². The number of carbonyl (C=O) groups excluding carboxylic acids is 1. The highest BCUT2D eigenvalue weighted by atomic mass is 35.5. The van der Waals surface area contributed by atoms with Crippen molar-refractivity contribution >= 4 is 23.2 Å². The van der Waals surface area contributed by atoms with Crippen LogP contribution in [0.25, 0.3) is 0 Å². The van der Waals surface area contributed by atoms with Gasteiger partial charge in [0, 0.05) is 44.0 Å². The quantitative estimate of drug-likeness (QED) is 0.405. The minimum Gasteiger partial charge on any atom is -0.491 e. The SMILES string of the molecule is CC.CCCc1cc(Cl)ccc1C1COc2ccc3cc2N(C1)CC1CCC1C(O)/C=C/CCN(C)C(=O)CC3. The van der Waals surface area contributed by atoms with Crippen molar-refractivity contribution in [2.24, 2.45) is 11.8 Å². The van der Waals surface area contributed by atoms with Gasteiger partial charge in [-0.25, -0.2) is 0 Å². The van der Waals surface area contributed by atoms with Gasteiger partial charge in [-0.3, -0.25) is 4.79 Å². The van der Waals surface area contributed by atoms with E-state index in [1.807, 2.05) is 39.1 Å². The first-order valence-corrected chi connectivity index (χ1v) is 15.7. The van der Waals surface area contributed by atoms with Crippen molar-refractivity contribution in [3.05, 3.63) is 70.3 Å². The zero-order valence-corrected chi connectivity index (χ0v) is 25.5. The highest BCUT2D eigenvalue weighted by Crippen LogP contribution is 2.42. The molecule has 40 heavy (non-hydrogen) atoms. The molecule has 218 valence electrons. The Balaban J connectivity index is 0.00000181. The van der Waals surface area contributed by atoms with Crippen molar-refractivity contribution in [2.75, 3.05) is 38.2 Å². The lowest BCUT2D eigenvalue weighted by molar-refractivity contribution is -0.129. The molecule has 5 rings (SSSR count). The Morgan fingerprint density at radius 1 is 1.07 bits per heavy atom. The largest absolute Gasteiger partial charge is 0.491 e. The molecule has 6 heteroatoms. The monoisotopic (exact) mass is 566 g/mol. The third kappa shape index (κ3) is 7.22. The molecule has 4 unspecified atom stereocenters. The Hall–Kier alpha value is -2.50. The van der Waals surface area contributed by atoms with Crippen LogP contribution in [0, 0.1) is 11.8 Å². The van der Waals surface area contributed by atoms with E-state index in [4.69, 9.17) is 16.3 Å². The zero-order valence-electron chi connectivity index (χ0n) is 24.7. The standard InChI is InChI=1S/C32H41ClN2O3.C2H6/c1-3-6-23-18-26(33)11-13-27(23)25-20-35-19-24-10-12-28(24)30(36)7-4-5-16-34(2)32(37)15-9-22-8-14-31(38-21-25)29(35)17-22;1-2/h4,7-8,11,13-14,17-18,24-25,28,30,36H,3,5-6,9-10,12,15-16,19-21H2,1-2H3;1-2H3/b7-4+;. The van der Waals surface area contributed by atoms with Crippen LogP contribution in [0.15, 0.2) is 48.6 Å². The van der Waals surface area contributed by atoms with E-state index in [1.54, 1.807) is 4.90 Å². The summed E-state index contributed by atoms with van der Waals surface area (Å²) >= 11 is 6.39. The van der Waals surface area contributed by atoms with E-state index >= 15 is 0 Å². The zero-order chi connectivity index (χ0) is 28.6. The molecule has 2 bridgehead atoms. The molecule has 0 saturated heterocycles. The number of nitrogens with zero attached hydrogens (tertiary/aromatic N) is 2. The van der Waals surface area contributed by atoms with Gasteiger partial charge in [0.15, 0.2) is 0 Å². The van der Waals surface area contributed by atoms with Crippen molar-refractivity contribution in [1.29, 1.82) is 0 Å². The topological polar surface area (TPSA) is 53.0 Å². The van der Waals surface area contributed by atoms with E-state index in [-0.39, 0.29) is 17.7 Å². The molecule has 1 fully saturated rings. The smallest absolute Gasteiger partial charge is 0.222 e. The van der Waals surface area contributed by atoms with Gasteiger partial charge in [0.05, 0.1) is 18.4 Å². The Labute approximate surface area is 246 Å². The molecule has 0 spiro atoms. The number of aliphatic hydroxyl groups is 1. The van der Waals surface area contributed by atoms with Crippen molar-refractivity contribution in [2.45, 2.75) is 77.7 Å². The Kier molecular flexibility index (Phi) is 11.0. The van der Waals surface area contributed by atoms with Crippen LogP contribution in [0.1, 0.15) is 75.5 Å². The van der Waals surface area contributed by atoms with Crippen molar-refractivity contribution in [3.63, 3.8) is 0 Å². The first-order chi connectivity index (χ1) is 19.4. The summed E-state index contributed by atoms with van der Waals surface area (Å²) in [6.45, 7) is 9.24. The number of rotatable bonds is 3. The van der Waals surface area contributed by atoms with E-state index in [0.29, 0.717) is 31.9 Å². The summed E-state index contributed by atoms with van der Waals surface area (Å²) in [7, 11) is 1.87. The normalized spacial score (nSPS) is 25.9. The average molecular weight is 567 g/mol. The van der Waals surface area contributed by atoms with E-state index in [0.717, 1.165) is 67.2 Å². The van der Waals surface area contributed by atoms with Gasteiger partial charge in [-0.05, 0) is 84.9 Å². The summed E-state index contributed by atoms with van der Waals surface area (Å²) in [6.07, 6.45) is 9.76. The fraction of sp³-hybridized carbons (Fsp3) is 0.559. The van der Waals surface area contributed by atoms with E-state index in [9.17, 15) is 9.90 Å². The minimum atomic E-state index is -0.445. The number of anilines is 1. The van der Waals surface area contributed by atoms with Gasteiger partial charge >= 0.3 is 0 Å². The molecule has 2 aliphatic heterocycles. The second-order valence-corrected chi connectivity index (χ2v) is 11.8. The molecule has 1 saturated carbocycles. The van der Waals surface area contributed by atoms with Gasteiger partial charge in [-0.2, -0.15) is 0 Å². The second kappa shape index (κ2) is 14.4. The summed E-state index contributed by atoms with van der Waals surface area (Å²) < 4.78 is 6.47. The third-order valence-electron chi connectivity index (χ3n) is 8.70. The lowest BCUT2D eigenvalue weighted by Gasteiger charge is -2.42. The summed E-state index contributed by atoms with van der Waals surface area (Å²) in [4.78, 5) is 17.0. The van der Waals surface area contributed by atoms with Crippen molar-refractivity contribution in [1.82, 2.24) is 4.90 Å². The highest BCUT2D eigenvalue weighted by molar-refractivity contribution is 6.30. The number of aryl methyl sites for hydroxylation is 2. The molecule has 0 radical (unpaired) electrons. The van der Waals surface area contributed by atoms with Gasteiger partial charge in [-0.1, -0.05) is 63.1 Å². The van der Waals surface area contributed by atoms with Crippen LogP contribution in [-0.4, -0.2) is 55.3 Å². The predicted molar refractivity (Wildman–Crippen MR) is 166 cm³/mol. The number of fused-ring (bicyclic) bond motifs is 2. The fourth-order valence-corrected chi connectivity index (χ4v) is 6.48. The number of ether oxygens (including phenoxy) is 1. The predicted octanol–water partition coefficient (Wildman–Crippen LogP) is 7.04. The van der Waals surface area contributed by atoms with E-state index < -0.39 is 6.10 Å². The van der Waals surface area contributed by atoms with Gasteiger partial charge in [-0.15, -0.1) is 0 Å². The highest BCUT2D eigenvalue weighted by Gasteiger charge is 2.38. The Bertz CT molecular complexity index is 1170. The van der Waals surface area contributed by atoms with Crippen LogP contribution >= 0.6 is 11.6 Å². The number of amides is 1. The Morgan fingerprint density at radius 3 is 2.65 bits per heavy atom. The molecule has 1 aliphatic carbocycles. The minimum absolute atomic E-state index is 0.152. The van der Waals surface area contributed by atoms with Crippen LogP contribution in [0.4, 0.5) is 5.69 Å². The van der Waals surface area contributed by atoms with Crippen LogP contribution in [0.3, 0.4) is 0 Å². The molecule has 3 aliphatic rings. The molecule has 2 heterocycles. The fourth-order valence-electron chi connectivity index (χ4n) is 6.28. The molecule has 4 atom stereocenters. The van der Waals surface area contributed by atoms with Crippen molar-refractivity contribution in [3.8, 4) is 5.75 Å². The number of hydrogen-bond donors (Lipinski definition) is 1. The first kappa shape index (κ1) is 30.5. The molecule has 2 aromatic rings. The summed E-state index contributed by atoms with van der Waals surface area (Å²) in [6, 6.07) is 12.7. The van der Waals surface area contributed by atoms with Crippen LogP contribution in [0.2, 0.25) is 5.02 Å². The molecule has 5 nitrogen and oxygen atoms in total. The Morgan fingerprint density at radius 2 is 1.90 bits per heavy atom. The maximum atomic E-state index is 12.7. The summed E-state index contributed by atoms with van der Waals surface area (Å²) in [5.74, 6) is 1.97. The summed E-state index contributed by atoms with van der Waals surface area (Å²) in [5, 5.41) is 11.8. The number of benzene rings is 2. The average Bonchev–Trinajstić information content (AvgIpc) is 3.12. The van der Waals surface area contributed by atoms with Gasteiger partial charge < -0.3 is 19.6 Å². The van der Waals surface area contributed by atoms with Crippen LogP contribution < -0.4 is 9.64 Å². The number of aliphatic hydroxyl groups excluding tert-OH is 1. The van der Waals surface area contributed by atoms with Gasteiger partial charge in [0.2, 0.25) is 5.91 Å². The third-order valence-corrected chi connectivity index (χ3v) is 8.93. The number of carbonyl (C=O) groups is 1. The molecular weight excluding hydrogens is 520 g/mol. The van der Waals surface area contributed by atoms with E-state index in [2.05, 4.69) is 42.2 Å².